The number of carbonyl (C=O) groups is 1. The Morgan fingerprint density at radius 1 is 1.25 bits per heavy atom. The Bertz CT molecular complexity index is 730. The Kier molecular flexibility index (Phi) is 4.26. The molecule has 0 fully saturated rings. The molecule has 0 radical (unpaired) electrons. The number of fused-ring (bicyclic) bond motifs is 1. The van der Waals surface area contributed by atoms with E-state index in [4.69, 9.17) is 5.14 Å². The van der Waals surface area contributed by atoms with Crippen LogP contribution in [0.5, 0.6) is 0 Å². The van der Waals surface area contributed by atoms with Crippen LogP contribution >= 0.6 is 0 Å². The summed E-state index contributed by atoms with van der Waals surface area (Å²) in [4.78, 5) is 20.1. The molecular weight excluding hydrogens is 280 g/mol. The lowest BCUT2D eigenvalue weighted by molar-refractivity contribution is 0.0948. The number of amides is 1. The van der Waals surface area contributed by atoms with Gasteiger partial charge in [-0.05, 0) is 18.6 Å². The predicted molar refractivity (Wildman–Crippen MR) is 74.5 cm³/mol. The highest BCUT2D eigenvalue weighted by molar-refractivity contribution is 7.89. The largest absolute Gasteiger partial charge is 0.351 e. The van der Waals surface area contributed by atoms with Gasteiger partial charge in [0.25, 0.3) is 5.91 Å². The third kappa shape index (κ3) is 3.97. The van der Waals surface area contributed by atoms with Gasteiger partial charge in [-0.25, -0.2) is 18.5 Å². The molecule has 2 aromatic rings. The number of hydrogen-bond donors (Lipinski definition) is 2. The third-order valence-corrected chi connectivity index (χ3v) is 3.43. The topological polar surface area (TPSA) is 115 Å². The lowest BCUT2D eigenvalue weighted by Gasteiger charge is -2.04. The molecule has 106 valence electrons. The number of nitrogens with one attached hydrogen (secondary N) is 1. The molecule has 0 aliphatic heterocycles. The number of nitrogens with zero attached hydrogens (tertiary/aromatic N) is 2. The summed E-state index contributed by atoms with van der Waals surface area (Å²) in [5.41, 5.74) is 1.53. The maximum absolute atomic E-state index is 11.8. The molecule has 0 atom stereocenters. The number of benzene rings is 1. The van der Waals surface area contributed by atoms with Crippen LogP contribution in [0.3, 0.4) is 0 Å². The Morgan fingerprint density at radius 3 is 2.65 bits per heavy atom. The van der Waals surface area contributed by atoms with Crippen LogP contribution in [-0.2, 0) is 10.0 Å². The molecule has 1 aromatic heterocycles. The molecule has 1 aromatic carbocycles. The van der Waals surface area contributed by atoms with Gasteiger partial charge in [0.1, 0.15) is 5.69 Å². The maximum Gasteiger partial charge on any atom is 0.271 e. The van der Waals surface area contributed by atoms with Crippen LogP contribution in [0.2, 0.25) is 0 Å². The highest BCUT2D eigenvalue weighted by Gasteiger charge is 2.09. The van der Waals surface area contributed by atoms with Gasteiger partial charge in [-0.15, -0.1) is 0 Å². The SMILES string of the molecule is NS(=O)(=O)CCCNC(=O)c1cnc2ccccc2n1. The highest BCUT2D eigenvalue weighted by atomic mass is 32.2. The van der Waals surface area contributed by atoms with Crippen LogP contribution in [0.25, 0.3) is 11.0 Å². The first kappa shape index (κ1) is 14.4. The van der Waals surface area contributed by atoms with Crippen LogP contribution in [-0.4, -0.2) is 36.6 Å². The molecule has 1 heterocycles. The van der Waals surface area contributed by atoms with Gasteiger partial charge in [0.2, 0.25) is 10.0 Å². The van der Waals surface area contributed by atoms with Crippen molar-refractivity contribution in [2.75, 3.05) is 12.3 Å². The van der Waals surface area contributed by atoms with E-state index in [1.165, 1.54) is 6.20 Å². The van der Waals surface area contributed by atoms with Crippen LogP contribution in [0.4, 0.5) is 0 Å². The average molecular weight is 294 g/mol. The summed E-state index contributed by atoms with van der Waals surface area (Å²) in [7, 11) is -3.49. The number of rotatable bonds is 5. The normalized spacial score (nSPS) is 11.4. The zero-order chi connectivity index (χ0) is 14.6. The van der Waals surface area contributed by atoms with Crippen LogP contribution in [0.15, 0.2) is 30.5 Å². The van der Waals surface area contributed by atoms with Crippen LogP contribution in [0, 0.1) is 0 Å². The number of sulfonamides is 1. The second kappa shape index (κ2) is 5.93. The van der Waals surface area contributed by atoms with Crippen LogP contribution < -0.4 is 10.5 Å². The first-order valence-corrected chi connectivity index (χ1v) is 7.68. The molecule has 7 nitrogen and oxygen atoms in total. The van der Waals surface area contributed by atoms with Crippen molar-refractivity contribution in [1.82, 2.24) is 15.3 Å². The van der Waals surface area contributed by atoms with E-state index >= 15 is 0 Å². The van der Waals surface area contributed by atoms with E-state index < -0.39 is 15.9 Å². The number of aromatic nitrogens is 2. The maximum atomic E-state index is 11.8. The van der Waals surface area contributed by atoms with Crippen molar-refractivity contribution in [3.63, 3.8) is 0 Å². The summed E-state index contributed by atoms with van der Waals surface area (Å²) in [5, 5.41) is 7.44. The summed E-state index contributed by atoms with van der Waals surface area (Å²) in [6, 6.07) is 7.21. The van der Waals surface area contributed by atoms with E-state index in [1.54, 1.807) is 12.1 Å². The van der Waals surface area contributed by atoms with E-state index in [1.807, 2.05) is 12.1 Å². The van der Waals surface area contributed by atoms with Crippen LogP contribution in [0.1, 0.15) is 16.9 Å². The van der Waals surface area contributed by atoms with Gasteiger partial charge in [-0.2, -0.15) is 0 Å². The molecule has 20 heavy (non-hydrogen) atoms. The minimum Gasteiger partial charge on any atom is -0.351 e. The molecule has 0 unspecified atom stereocenters. The zero-order valence-electron chi connectivity index (χ0n) is 10.6. The molecule has 0 aliphatic carbocycles. The molecule has 0 saturated heterocycles. The number of nitrogens with two attached hydrogens (primary N) is 1. The Morgan fingerprint density at radius 2 is 1.95 bits per heavy atom. The average Bonchev–Trinajstić information content (AvgIpc) is 2.42. The highest BCUT2D eigenvalue weighted by Crippen LogP contribution is 2.08. The molecule has 0 bridgehead atoms. The van der Waals surface area contributed by atoms with Crippen molar-refractivity contribution in [2.24, 2.45) is 5.14 Å². The van der Waals surface area contributed by atoms with Crippen molar-refractivity contribution < 1.29 is 13.2 Å². The van der Waals surface area contributed by atoms with Gasteiger partial charge in [0.15, 0.2) is 0 Å². The number of carbonyl (C=O) groups excluding carboxylic acids is 1. The van der Waals surface area contributed by atoms with E-state index in [2.05, 4.69) is 15.3 Å². The molecule has 1 amide bonds. The van der Waals surface area contributed by atoms with Crippen molar-refractivity contribution in [3.8, 4) is 0 Å². The fourth-order valence-electron chi connectivity index (χ4n) is 1.63. The summed E-state index contributed by atoms with van der Waals surface area (Å²) in [6.07, 6.45) is 1.64. The quantitative estimate of drug-likeness (QED) is 0.755. The van der Waals surface area contributed by atoms with E-state index in [0.29, 0.717) is 11.0 Å². The van der Waals surface area contributed by atoms with Crippen molar-refractivity contribution in [3.05, 3.63) is 36.2 Å². The van der Waals surface area contributed by atoms with E-state index in [-0.39, 0.29) is 24.4 Å². The van der Waals surface area contributed by atoms with E-state index in [0.717, 1.165) is 0 Å². The van der Waals surface area contributed by atoms with E-state index in [9.17, 15) is 13.2 Å². The first-order valence-electron chi connectivity index (χ1n) is 5.96. The lowest BCUT2D eigenvalue weighted by atomic mass is 10.3. The van der Waals surface area contributed by atoms with Crippen molar-refractivity contribution >= 4 is 27.0 Å². The molecule has 8 heteroatoms. The van der Waals surface area contributed by atoms with Gasteiger partial charge in [-0.3, -0.25) is 9.78 Å². The first-order chi connectivity index (χ1) is 9.46. The summed E-state index contributed by atoms with van der Waals surface area (Å²) < 4.78 is 21.5. The third-order valence-electron chi connectivity index (χ3n) is 2.57. The zero-order valence-corrected chi connectivity index (χ0v) is 11.4. The van der Waals surface area contributed by atoms with Crippen molar-refractivity contribution in [1.29, 1.82) is 0 Å². The standard InChI is InChI=1S/C12H14N4O3S/c13-20(18,19)7-3-6-14-12(17)11-8-15-9-4-1-2-5-10(9)16-11/h1-2,4-5,8H,3,6-7H2,(H,14,17)(H2,13,18,19). The summed E-state index contributed by atoms with van der Waals surface area (Å²) in [6.45, 7) is 0.212. The number of para-hydroxylation sites is 2. The second-order valence-electron chi connectivity index (χ2n) is 4.22. The molecule has 0 saturated carbocycles. The molecule has 0 aliphatic rings. The van der Waals surface area contributed by atoms with Gasteiger partial charge in [0, 0.05) is 6.54 Å². The fourth-order valence-corrected chi connectivity index (χ4v) is 2.18. The van der Waals surface area contributed by atoms with Crippen molar-refractivity contribution in [2.45, 2.75) is 6.42 Å². The van der Waals surface area contributed by atoms with Gasteiger partial charge in [0.05, 0.1) is 23.0 Å². The van der Waals surface area contributed by atoms with Gasteiger partial charge >= 0.3 is 0 Å². The monoisotopic (exact) mass is 294 g/mol. The second-order valence-corrected chi connectivity index (χ2v) is 5.95. The Labute approximate surface area is 116 Å². The molecular formula is C12H14N4O3S. The van der Waals surface area contributed by atoms with Gasteiger partial charge < -0.3 is 5.32 Å². The Hall–Kier alpha value is -2.06. The minimum absolute atomic E-state index is 0.170. The fraction of sp³-hybridized carbons (Fsp3) is 0.250. The smallest absolute Gasteiger partial charge is 0.271 e. The summed E-state index contributed by atoms with van der Waals surface area (Å²) in [5.74, 6) is -0.561. The molecule has 3 N–H and O–H groups in total. The summed E-state index contributed by atoms with van der Waals surface area (Å²) >= 11 is 0. The number of hydrogen-bond acceptors (Lipinski definition) is 5. The van der Waals surface area contributed by atoms with Gasteiger partial charge in [-0.1, -0.05) is 12.1 Å². The minimum atomic E-state index is -3.49. The molecule has 0 spiro atoms. The predicted octanol–water partition coefficient (Wildman–Crippen LogP) is 0.0382. The number of primary sulfonamides is 1. The Balaban J connectivity index is 1.97. The lowest BCUT2D eigenvalue weighted by Crippen LogP contribution is -2.28. The molecule has 2 rings (SSSR count).